The molecule has 0 saturated heterocycles. The van der Waals surface area contributed by atoms with E-state index >= 15 is 0 Å². The first-order valence-electron chi connectivity index (χ1n) is 6.39. The van der Waals surface area contributed by atoms with Gasteiger partial charge in [-0.25, -0.2) is 4.57 Å². The van der Waals surface area contributed by atoms with Gasteiger partial charge in [-0.15, -0.1) is 0 Å². The van der Waals surface area contributed by atoms with Crippen molar-refractivity contribution in [2.24, 2.45) is 0 Å². The average molecular weight is 304 g/mol. The summed E-state index contributed by atoms with van der Waals surface area (Å²) in [7, 11) is -0.991. The van der Waals surface area contributed by atoms with Crippen LogP contribution in [0.15, 0.2) is 66.9 Å². The van der Waals surface area contributed by atoms with E-state index in [-0.39, 0.29) is 0 Å². The molecule has 0 saturated carbocycles. The minimum absolute atomic E-state index is 0.797. The maximum Gasteiger partial charge on any atom is 0.528 e. The van der Waals surface area contributed by atoms with Crippen molar-refractivity contribution >= 4 is 13.4 Å². The predicted molar refractivity (Wildman–Crippen MR) is 82.7 cm³/mol. The first-order chi connectivity index (χ1) is 10.2. The second-order valence-electron chi connectivity index (χ2n) is 4.18. The van der Waals surface area contributed by atoms with E-state index in [0.29, 0.717) is 0 Å². The van der Waals surface area contributed by atoms with Crippen molar-refractivity contribution in [3.8, 4) is 0 Å². The minimum atomic E-state index is -3.55. The van der Waals surface area contributed by atoms with E-state index in [9.17, 15) is 4.57 Å². The molecule has 0 heterocycles. The van der Waals surface area contributed by atoms with Crippen LogP contribution in [0.2, 0.25) is 0 Å². The van der Waals surface area contributed by atoms with E-state index in [4.69, 9.17) is 13.6 Å². The summed E-state index contributed by atoms with van der Waals surface area (Å²) in [6, 6.07) is 19.4. The fourth-order valence-electron chi connectivity index (χ4n) is 1.82. The first kappa shape index (κ1) is 15.5. The lowest BCUT2D eigenvalue weighted by Crippen LogP contribution is -1.93. The number of phosphoric ester groups is 1. The van der Waals surface area contributed by atoms with Gasteiger partial charge in [0.2, 0.25) is 0 Å². The summed E-state index contributed by atoms with van der Waals surface area (Å²) in [5.41, 5.74) is 2.69. The molecular weight excluding hydrogens is 287 g/mol. The molecule has 0 aliphatic rings. The summed E-state index contributed by atoms with van der Waals surface area (Å²) in [5.74, 6) is 0. The zero-order valence-corrected chi connectivity index (χ0v) is 12.8. The molecule has 0 N–H and O–H groups in total. The molecule has 110 valence electrons. The molecule has 0 atom stereocenters. The molecule has 0 aromatic heterocycles. The molecule has 21 heavy (non-hydrogen) atoms. The molecule has 4 nitrogen and oxygen atoms in total. The molecule has 0 unspecified atom stereocenters. The van der Waals surface area contributed by atoms with Gasteiger partial charge in [0.25, 0.3) is 0 Å². The Bertz CT molecular complexity index is 588. The van der Waals surface area contributed by atoms with Gasteiger partial charge in [0.05, 0.1) is 0 Å². The minimum Gasteiger partial charge on any atom is -0.411 e. The third-order valence-corrected chi connectivity index (χ3v) is 4.17. The first-order valence-corrected chi connectivity index (χ1v) is 7.85. The summed E-state index contributed by atoms with van der Waals surface area (Å²) in [6.45, 7) is 0. The fourth-order valence-corrected chi connectivity index (χ4v) is 2.37. The zero-order valence-electron chi connectivity index (χ0n) is 11.9. The van der Waals surface area contributed by atoms with Crippen molar-refractivity contribution < 1.29 is 18.1 Å². The number of benzene rings is 2. The smallest absolute Gasteiger partial charge is 0.411 e. The van der Waals surface area contributed by atoms with Crippen molar-refractivity contribution in [3.63, 3.8) is 0 Å². The molecule has 0 radical (unpaired) electrons. The van der Waals surface area contributed by atoms with Crippen LogP contribution in [-0.4, -0.2) is 14.2 Å². The molecule has 0 aliphatic heterocycles. The third-order valence-electron chi connectivity index (χ3n) is 2.92. The predicted octanol–water partition coefficient (Wildman–Crippen LogP) is 4.49. The second-order valence-corrected chi connectivity index (χ2v) is 6.02. The van der Waals surface area contributed by atoms with Crippen LogP contribution in [0.4, 0.5) is 0 Å². The maximum absolute atomic E-state index is 12.0. The third kappa shape index (κ3) is 4.05. The molecule has 2 aromatic rings. The van der Waals surface area contributed by atoms with Crippen molar-refractivity contribution in [1.29, 1.82) is 0 Å². The van der Waals surface area contributed by atoms with Crippen LogP contribution in [0.25, 0.3) is 5.57 Å². The Kier molecular flexibility index (Phi) is 5.34. The second kappa shape index (κ2) is 7.23. The van der Waals surface area contributed by atoms with E-state index in [1.165, 1.54) is 20.5 Å². The Hall–Kier alpha value is -1.87. The van der Waals surface area contributed by atoms with Crippen LogP contribution in [0.1, 0.15) is 11.1 Å². The summed E-state index contributed by atoms with van der Waals surface area (Å²) < 4.78 is 26.8. The van der Waals surface area contributed by atoms with Crippen LogP contribution >= 0.6 is 7.82 Å². The van der Waals surface area contributed by atoms with Crippen LogP contribution in [-0.2, 0) is 18.1 Å². The van der Waals surface area contributed by atoms with Crippen molar-refractivity contribution in [3.05, 3.63) is 78.1 Å². The Morgan fingerprint density at radius 3 is 1.67 bits per heavy atom. The van der Waals surface area contributed by atoms with Gasteiger partial charge in [-0.05, 0) is 11.1 Å². The molecule has 0 bridgehead atoms. The quantitative estimate of drug-likeness (QED) is 0.582. The highest BCUT2D eigenvalue weighted by atomic mass is 31.2. The van der Waals surface area contributed by atoms with Crippen molar-refractivity contribution in [2.45, 2.75) is 0 Å². The van der Waals surface area contributed by atoms with E-state index in [2.05, 4.69) is 0 Å². The van der Waals surface area contributed by atoms with Crippen LogP contribution in [0, 0.1) is 0 Å². The van der Waals surface area contributed by atoms with E-state index < -0.39 is 7.82 Å². The highest BCUT2D eigenvalue weighted by Crippen LogP contribution is 2.48. The lowest BCUT2D eigenvalue weighted by molar-refractivity contribution is 0.194. The molecule has 0 amide bonds. The fraction of sp³-hybridized carbons (Fsp3) is 0.125. The van der Waals surface area contributed by atoms with Gasteiger partial charge in [0.1, 0.15) is 6.26 Å². The van der Waals surface area contributed by atoms with E-state index in [1.807, 2.05) is 60.7 Å². The van der Waals surface area contributed by atoms with Gasteiger partial charge < -0.3 is 4.52 Å². The lowest BCUT2D eigenvalue weighted by Gasteiger charge is -2.14. The lowest BCUT2D eigenvalue weighted by atomic mass is 9.99. The van der Waals surface area contributed by atoms with Gasteiger partial charge in [-0.3, -0.25) is 9.05 Å². The summed E-state index contributed by atoms with van der Waals surface area (Å²) in [6.07, 6.45) is 1.42. The highest BCUT2D eigenvalue weighted by Gasteiger charge is 2.23. The molecule has 2 aromatic carbocycles. The Labute approximate surface area is 124 Å². The maximum atomic E-state index is 12.0. The zero-order chi connectivity index (χ0) is 15.1. The highest BCUT2D eigenvalue weighted by molar-refractivity contribution is 7.48. The van der Waals surface area contributed by atoms with Gasteiger partial charge in [0.15, 0.2) is 0 Å². The number of hydrogen-bond acceptors (Lipinski definition) is 4. The van der Waals surface area contributed by atoms with Crippen LogP contribution in [0.3, 0.4) is 0 Å². The molecular formula is C16H17O4P. The summed E-state index contributed by atoms with van der Waals surface area (Å²) in [4.78, 5) is 0. The van der Waals surface area contributed by atoms with Gasteiger partial charge in [-0.2, -0.15) is 0 Å². The molecule has 0 spiro atoms. The standard InChI is InChI=1S/C16H17O4P/c1-18-21(17,19-2)20-13-16(14-9-5-3-6-10-14)15-11-7-4-8-12-15/h3-13H,1-2H3. The molecule has 5 heteroatoms. The Balaban J connectivity index is 2.40. The molecule has 0 fully saturated rings. The Morgan fingerprint density at radius 2 is 1.29 bits per heavy atom. The van der Waals surface area contributed by atoms with Gasteiger partial charge in [0, 0.05) is 19.8 Å². The number of hydrogen-bond donors (Lipinski definition) is 0. The number of phosphoric acid groups is 1. The monoisotopic (exact) mass is 304 g/mol. The summed E-state index contributed by atoms with van der Waals surface area (Å²) in [5, 5.41) is 0. The number of rotatable bonds is 6. The largest absolute Gasteiger partial charge is 0.528 e. The Morgan fingerprint density at radius 1 is 0.857 bits per heavy atom. The SMILES string of the molecule is COP(=O)(OC)OC=C(c1ccccc1)c1ccccc1. The average Bonchev–Trinajstić information content (AvgIpc) is 2.57. The van der Waals surface area contributed by atoms with Crippen molar-refractivity contribution in [1.82, 2.24) is 0 Å². The van der Waals surface area contributed by atoms with E-state index in [0.717, 1.165) is 16.7 Å². The normalized spacial score (nSPS) is 11.0. The van der Waals surface area contributed by atoms with Gasteiger partial charge >= 0.3 is 7.82 Å². The van der Waals surface area contributed by atoms with Crippen LogP contribution in [0.5, 0.6) is 0 Å². The van der Waals surface area contributed by atoms with E-state index in [1.54, 1.807) is 0 Å². The summed E-state index contributed by atoms with van der Waals surface area (Å²) >= 11 is 0. The van der Waals surface area contributed by atoms with Crippen LogP contribution < -0.4 is 0 Å². The van der Waals surface area contributed by atoms with Gasteiger partial charge in [-0.1, -0.05) is 60.7 Å². The topological polar surface area (TPSA) is 44.8 Å². The molecule has 0 aliphatic carbocycles. The molecule has 2 rings (SSSR count). The van der Waals surface area contributed by atoms with Crippen molar-refractivity contribution in [2.75, 3.05) is 14.2 Å².